The van der Waals surface area contributed by atoms with E-state index in [2.05, 4.69) is 25.2 Å². The van der Waals surface area contributed by atoms with Crippen molar-refractivity contribution in [1.82, 2.24) is 15.4 Å². The number of hydrazone groups is 1. The molecule has 0 spiro atoms. The van der Waals surface area contributed by atoms with E-state index in [1.165, 1.54) is 24.7 Å². The fourth-order valence-electron chi connectivity index (χ4n) is 2.58. The second kappa shape index (κ2) is 8.13. The van der Waals surface area contributed by atoms with Gasteiger partial charge in [0.05, 0.1) is 30.7 Å². The maximum atomic E-state index is 12.2. The summed E-state index contributed by atoms with van der Waals surface area (Å²) < 4.78 is 4.63. The number of aromatic nitrogens is 2. The summed E-state index contributed by atoms with van der Waals surface area (Å²) in [6.45, 7) is 3.81. The molecular weight excluding hydrogens is 380 g/mol. The zero-order valence-electron chi connectivity index (χ0n) is 15.5. The second-order valence-electron chi connectivity index (χ2n) is 6.06. The molecule has 1 aromatic carbocycles. The number of hydrogen-bond donors (Lipinski definition) is 2. The van der Waals surface area contributed by atoms with Crippen LogP contribution in [0.25, 0.3) is 10.2 Å². The Morgan fingerprint density at radius 1 is 1.29 bits per heavy atom. The number of amides is 1. The molecule has 2 aromatic heterocycles. The number of nitrogens with one attached hydrogen (secondary N) is 2. The van der Waals surface area contributed by atoms with Crippen LogP contribution in [0.4, 0.5) is 0 Å². The largest absolute Gasteiger partial charge is 0.465 e. The van der Waals surface area contributed by atoms with Crippen LogP contribution in [0.1, 0.15) is 32.2 Å². The highest BCUT2D eigenvalue weighted by molar-refractivity contribution is 7.18. The summed E-state index contributed by atoms with van der Waals surface area (Å²) in [6, 6.07) is 6.56. The molecule has 2 heterocycles. The maximum absolute atomic E-state index is 12.2. The third kappa shape index (κ3) is 4.15. The van der Waals surface area contributed by atoms with Crippen LogP contribution < -0.4 is 11.0 Å². The normalized spacial score (nSPS) is 11.1. The number of esters is 1. The van der Waals surface area contributed by atoms with Crippen molar-refractivity contribution in [2.45, 2.75) is 20.3 Å². The number of hydrogen-bond acceptors (Lipinski definition) is 7. The van der Waals surface area contributed by atoms with Gasteiger partial charge in [-0.05, 0) is 37.1 Å². The number of carbonyl (C=O) groups is 2. The molecule has 3 aromatic rings. The zero-order valence-corrected chi connectivity index (χ0v) is 16.3. The van der Waals surface area contributed by atoms with E-state index in [1.807, 2.05) is 13.8 Å². The number of carbonyl (C=O) groups excluding carboxylic acids is 2. The summed E-state index contributed by atoms with van der Waals surface area (Å²) in [7, 11) is 1.31. The molecule has 0 unspecified atom stereocenters. The summed E-state index contributed by atoms with van der Waals surface area (Å²) >= 11 is 1.43. The van der Waals surface area contributed by atoms with Crippen LogP contribution >= 0.6 is 11.3 Å². The number of methoxy groups -OCH3 is 1. The van der Waals surface area contributed by atoms with E-state index in [1.54, 1.807) is 24.3 Å². The van der Waals surface area contributed by atoms with Gasteiger partial charge in [0.1, 0.15) is 10.7 Å². The lowest BCUT2D eigenvalue weighted by Crippen LogP contribution is -2.23. The SMILES string of the molecule is COC(=O)c1ccc(/C=N\NC(=O)Cc2nc3sc(C)c(C)c3c(=O)[nH]2)cc1. The van der Waals surface area contributed by atoms with Gasteiger partial charge in [0.15, 0.2) is 0 Å². The topological polar surface area (TPSA) is 114 Å². The minimum Gasteiger partial charge on any atom is -0.465 e. The van der Waals surface area contributed by atoms with Gasteiger partial charge < -0.3 is 9.72 Å². The smallest absolute Gasteiger partial charge is 0.337 e. The number of H-pyrrole nitrogens is 1. The van der Waals surface area contributed by atoms with E-state index in [-0.39, 0.29) is 17.8 Å². The van der Waals surface area contributed by atoms with Gasteiger partial charge in [-0.2, -0.15) is 5.10 Å². The lowest BCUT2D eigenvalue weighted by Gasteiger charge is -2.01. The predicted molar refractivity (Wildman–Crippen MR) is 107 cm³/mol. The maximum Gasteiger partial charge on any atom is 0.337 e. The molecule has 3 rings (SSSR count). The first-order valence-electron chi connectivity index (χ1n) is 8.38. The van der Waals surface area contributed by atoms with Crippen LogP contribution in [-0.2, 0) is 16.0 Å². The van der Waals surface area contributed by atoms with Gasteiger partial charge in [0.2, 0.25) is 5.91 Å². The summed E-state index contributed by atoms with van der Waals surface area (Å²) in [6.07, 6.45) is 1.35. The first-order valence-corrected chi connectivity index (χ1v) is 9.20. The van der Waals surface area contributed by atoms with E-state index in [0.717, 1.165) is 10.4 Å². The van der Waals surface area contributed by atoms with Crippen molar-refractivity contribution in [2.75, 3.05) is 7.11 Å². The number of fused-ring (bicyclic) bond motifs is 1. The van der Waals surface area contributed by atoms with E-state index in [0.29, 0.717) is 21.3 Å². The van der Waals surface area contributed by atoms with E-state index in [4.69, 9.17) is 0 Å². The number of ether oxygens (including phenoxy) is 1. The van der Waals surface area contributed by atoms with Gasteiger partial charge in [-0.25, -0.2) is 15.2 Å². The lowest BCUT2D eigenvalue weighted by molar-refractivity contribution is -0.120. The third-order valence-electron chi connectivity index (χ3n) is 4.15. The fourth-order valence-corrected chi connectivity index (χ4v) is 3.63. The van der Waals surface area contributed by atoms with Crippen molar-refractivity contribution >= 4 is 39.6 Å². The molecule has 28 heavy (non-hydrogen) atoms. The summed E-state index contributed by atoms with van der Waals surface area (Å²) in [5.41, 5.74) is 4.18. The van der Waals surface area contributed by atoms with Crippen molar-refractivity contribution in [2.24, 2.45) is 5.10 Å². The molecule has 0 atom stereocenters. The van der Waals surface area contributed by atoms with E-state index < -0.39 is 11.9 Å². The molecule has 0 aliphatic rings. The third-order valence-corrected chi connectivity index (χ3v) is 5.25. The molecule has 0 fully saturated rings. The van der Waals surface area contributed by atoms with Crippen molar-refractivity contribution in [3.05, 3.63) is 62.0 Å². The number of thiophene rings is 1. The van der Waals surface area contributed by atoms with Gasteiger partial charge >= 0.3 is 5.97 Å². The molecule has 0 aliphatic heterocycles. The van der Waals surface area contributed by atoms with Crippen molar-refractivity contribution < 1.29 is 14.3 Å². The molecule has 9 heteroatoms. The molecule has 0 bridgehead atoms. The molecular formula is C19H18N4O4S. The molecule has 0 saturated heterocycles. The van der Waals surface area contributed by atoms with Crippen molar-refractivity contribution in [3.8, 4) is 0 Å². The van der Waals surface area contributed by atoms with Gasteiger partial charge in [-0.1, -0.05) is 12.1 Å². The van der Waals surface area contributed by atoms with Gasteiger partial charge in [0, 0.05) is 4.88 Å². The first-order chi connectivity index (χ1) is 13.4. The number of rotatable bonds is 5. The molecule has 0 radical (unpaired) electrons. The average molecular weight is 398 g/mol. The Morgan fingerprint density at radius 2 is 2.00 bits per heavy atom. The zero-order chi connectivity index (χ0) is 20.3. The fraction of sp³-hybridized carbons (Fsp3) is 0.211. The molecule has 1 amide bonds. The predicted octanol–water partition coefficient (Wildman–Crippen LogP) is 2.08. The van der Waals surface area contributed by atoms with Crippen LogP contribution in [0, 0.1) is 13.8 Å². The molecule has 2 N–H and O–H groups in total. The molecule has 0 saturated carbocycles. The summed E-state index contributed by atoms with van der Waals surface area (Å²) in [4.78, 5) is 44.3. The van der Waals surface area contributed by atoms with Gasteiger partial charge in [-0.3, -0.25) is 9.59 Å². The monoisotopic (exact) mass is 398 g/mol. The number of aryl methyl sites for hydroxylation is 2. The Balaban J connectivity index is 1.64. The van der Waals surface area contributed by atoms with Crippen LogP contribution in [0.5, 0.6) is 0 Å². The Hall–Kier alpha value is -3.33. The van der Waals surface area contributed by atoms with Crippen molar-refractivity contribution in [3.63, 3.8) is 0 Å². The molecule has 8 nitrogen and oxygen atoms in total. The minimum absolute atomic E-state index is 0.0974. The second-order valence-corrected chi connectivity index (χ2v) is 7.26. The lowest BCUT2D eigenvalue weighted by atomic mass is 10.1. The highest BCUT2D eigenvalue weighted by Gasteiger charge is 2.13. The Morgan fingerprint density at radius 3 is 2.68 bits per heavy atom. The average Bonchev–Trinajstić information content (AvgIpc) is 2.95. The quantitative estimate of drug-likeness (QED) is 0.388. The van der Waals surface area contributed by atoms with Gasteiger partial charge in [-0.15, -0.1) is 11.3 Å². The highest BCUT2D eigenvalue weighted by Crippen LogP contribution is 2.25. The first kappa shape index (κ1) is 19.4. The molecule has 144 valence electrons. The number of benzene rings is 1. The molecule has 0 aliphatic carbocycles. The van der Waals surface area contributed by atoms with Crippen LogP contribution in [0.3, 0.4) is 0 Å². The minimum atomic E-state index is -0.425. The number of nitrogens with zero attached hydrogens (tertiary/aromatic N) is 2. The summed E-state index contributed by atoms with van der Waals surface area (Å²) in [5.74, 6) is -0.546. The van der Waals surface area contributed by atoms with Crippen LogP contribution in [0.15, 0.2) is 34.2 Å². The van der Waals surface area contributed by atoms with Gasteiger partial charge in [0.25, 0.3) is 5.56 Å². The Kier molecular flexibility index (Phi) is 5.65. The van der Waals surface area contributed by atoms with Crippen LogP contribution in [0.2, 0.25) is 0 Å². The Bertz CT molecular complexity index is 1130. The number of aromatic amines is 1. The highest BCUT2D eigenvalue weighted by atomic mass is 32.1. The summed E-state index contributed by atoms with van der Waals surface area (Å²) in [5, 5.41) is 4.45. The van der Waals surface area contributed by atoms with E-state index in [9.17, 15) is 14.4 Å². The standard InChI is InChI=1S/C19H18N4O4S/c1-10-11(2)28-18-16(10)17(25)21-14(22-18)8-15(24)23-20-9-12-4-6-13(7-5-12)19(26)27-3/h4-7,9H,8H2,1-3H3,(H,23,24)(H,21,22,25)/b20-9-. The van der Waals surface area contributed by atoms with E-state index >= 15 is 0 Å². The van der Waals surface area contributed by atoms with Crippen LogP contribution in [-0.4, -0.2) is 35.2 Å². The van der Waals surface area contributed by atoms with Crippen molar-refractivity contribution in [1.29, 1.82) is 0 Å². The Labute approximate surface area is 164 Å².